The summed E-state index contributed by atoms with van der Waals surface area (Å²) >= 11 is 0. The van der Waals surface area contributed by atoms with Gasteiger partial charge in [-0.2, -0.15) is 0 Å². The number of nitrogens with zero attached hydrogens (tertiary/aromatic N) is 1. The quantitative estimate of drug-likeness (QED) is 0.539. The first kappa shape index (κ1) is 17.9. The van der Waals surface area contributed by atoms with Crippen molar-refractivity contribution in [1.82, 2.24) is 0 Å². The van der Waals surface area contributed by atoms with Gasteiger partial charge in [-0.3, -0.25) is 0 Å². The molecule has 0 saturated carbocycles. The first-order chi connectivity index (χ1) is 7.55. The molecule has 0 fully saturated rings. The van der Waals surface area contributed by atoms with E-state index in [1.807, 2.05) is 0 Å². The van der Waals surface area contributed by atoms with Crippen molar-refractivity contribution in [3.05, 3.63) is 29.6 Å². The molecule has 1 heterocycles. The summed E-state index contributed by atoms with van der Waals surface area (Å²) in [6.07, 6.45) is 6.77. The number of hydrogen-bond donors (Lipinski definition) is 0. The molecule has 1 rings (SSSR count). The second kappa shape index (κ2) is 6.36. The first-order valence-electron chi connectivity index (χ1n) is 6.53. The van der Waals surface area contributed by atoms with Gasteiger partial charge >= 0.3 is 0 Å². The Labute approximate surface area is 130 Å². The number of halogens is 1. The fourth-order valence-electron chi connectivity index (χ4n) is 2.29. The SMILES string of the molecule is C[n+]1cc(CC(C)(C)C)cc(CC(C)(C)C)c1.[I-]. The van der Waals surface area contributed by atoms with Gasteiger partial charge in [-0.1, -0.05) is 41.5 Å². The van der Waals surface area contributed by atoms with E-state index in [0.717, 1.165) is 12.8 Å². The van der Waals surface area contributed by atoms with Gasteiger partial charge in [0.25, 0.3) is 0 Å². The minimum absolute atomic E-state index is 0. The minimum atomic E-state index is 0. The molecular formula is C16H28IN. The van der Waals surface area contributed by atoms with E-state index in [2.05, 4.69) is 71.6 Å². The molecule has 0 spiro atoms. The van der Waals surface area contributed by atoms with Crippen LogP contribution in [0.3, 0.4) is 0 Å². The standard InChI is InChI=1S/C16H28N.HI/c1-15(2,3)9-13-8-14(10-16(4,5)6)12-17(7)11-13;/h8,11-12H,9-10H2,1-7H3;1H/q+1;/p-1. The average Bonchev–Trinajstić information content (AvgIpc) is 1.93. The van der Waals surface area contributed by atoms with Gasteiger partial charge < -0.3 is 24.0 Å². The highest BCUT2D eigenvalue weighted by Crippen LogP contribution is 2.23. The normalized spacial score (nSPS) is 12.2. The third-order valence-electron chi connectivity index (χ3n) is 2.58. The highest BCUT2D eigenvalue weighted by atomic mass is 127. The van der Waals surface area contributed by atoms with Crippen molar-refractivity contribution in [3.63, 3.8) is 0 Å². The molecule has 0 aliphatic rings. The van der Waals surface area contributed by atoms with Crippen molar-refractivity contribution in [2.45, 2.75) is 54.4 Å². The molecule has 0 aliphatic heterocycles. The van der Waals surface area contributed by atoms with Gasteiger partial charge in [-0.05, 0) is 29.7 Å². The zero-order valence-corrected chi connectivity index (χ0v) is 15.1. The summed E-state index contributed by atoms with van der Waals surface area (Å²) in [5.74, 6) is 0. The monoisotopic (exact) mass is 361 g/mol. The van der Waals surface area contributed by atoms with Crippen LogP contribution < -0.4 is 28.5 Å². The number of aryl methyl sites for hydroxylation is 1. The molecule has 0 aromatic carbocycles. The van der Waals surface area contributed by atoms with Crippen LogP contribution in [0, 0.1) is 10.8 Å². The maximum atomic E-state index is 2.37. The summed E-state index contributed by atoms with van der Waals surface area (Å²) in [4.78, 5) is 0. The summed E-state index contributed by atoms with van der Waals surface area (Å²) in [6.45, 7) is 13.8. The van der Waals surface area contributed by atoms with Crippen LogP contribution in [0.15, 0.2) is 18.5 Å². The van der Waals surface area contributed by atoms with Crippen LogP contribution in [0.1, 0.15) is 52.7 Å². The Balaban J connectivity index is 0.00000289. The maximum Gasteiger partial charge on any atom is 0.171 e. The van der Waals surface area contributed by atoms with Crippen LogP contribution in [-0.2, 0) is 19.9 Å². The molecule has 18 heavy (non-hydrogen) atoms. The van der Waals surface area contributed by atoms with E-state index in [4.69, 9.17) is 0 Å². The number of aromatic nitrogens is 1. The largest absolute Gasteiger partial charge is 1.00 e. The van der Waals surface area contributed by atoms with Gasteiger partial charge in [0, 0.05) is 11.1 Å². The topological polar surface area (TPSA) is 3.88 Å². The molecule has 0 amide bonds. The molecule has 1 nitrogen and oxygen atoms in total. The van der Waals surface area contributed by atoms with E-state index in [1.165, 1.54) is 11.1 Å². The third-order valence-corrected chi connectivity index (χ3v) is 2.58. The molecule has 2 heteroatoms. The second-order valence-electron chi connectivity index (χ2n) is 7.69. The Morgan fingerprint density at radius 1 is 0.833 bits per heavy atom. The van der Waals surface area contributed by atoms with Crippen molar-refractivity contribution < 1.29 is 28.5 Å². The zero-order chi connectivity index (χ0) is 13.3. The minimum Gasteiger partial charge on any atom is -1.00 e. The van der Waals surface area contributed by atoms with Gasteiger partial charge in [0.2, 0.25) is 0 Å². The van der Waals surface area contributed by atoms with Crippen LogP contribution in [0.25, 0.3) is 0 Å². The lowest BCUT2D eigenvalue weighted by atomic mass is 9.85. The summed E-state index contributed by atoms with van der Waals surface area (Å²) in [5, 5.41) is 0. The Morgan fingerprint density at radius 3 is 1.44 bits per heavy atom. The van der Waals surface area contributed by atoms with Crippen LogP contribution in [0.4, 0.5) is 0 Å². The van der Waals surface area contributed by atoms with Gasteiger partial charge in [-0.25, -0.2) is 4.57 Å². The molecule has 1 aromatic heterocycles. The molecule has 0 aliphatic carbocycles. The van der Waals surface area contributed by atoms with Crippen LogP contribution >= 0.6 is 0 Å². The molecule has 0 N–H and O–H groups in total. The van der Waals surface area contributed by atoms with Crippen molar-refractivity contribution in [2.24, 2.45) is 17.9 Å². The van der Waals surface area contributed by atoms with E-state index in [1.54, 1.807) is 0 Å². The van der Waals surface area contributed by atoms with Gasteiger partial charge in [-0.15, -0.1) is 0 Å². The van der Waals surface area contributed by atoms with Gasteiger partial charge in [0.15, 0.2) is 12.4 Å². The first-order valence-corrected chi connectivity index (χ1v) is 6.53. The van der Waals surface area contributed by atoms with Gasteiger partial charge in [0.05, 0.1) is 0 Å². The van der Waals surface area contributed by atoms with Crippen molar-refractivity contribution in [1.29, 1.82) is 0 Å². The number of hydrogen-bond acceptors (Lipinski definition) is 0. The highest BCUT2D eigenvalue weighted by Gasteiger charge is 2.17. The Hall–Kier alpha value is -0.120. The van der Waals surface area contributed by atoms with Crippen LogP contribution in [0.2, 0.25) is 0 Å². The molecule has 1 aromatic rings. The Bertz CT molecular complexity index is 349. The molecule has 0 unspecified atom stereocenters. The van der Waals surface area contributed by atoms with Crippen LogP contribution in [-0.4, -0.2) is 0 Å². The van der Waals surface area contributed by atoms with E-state index in [0.29, 0.717) is 10.8 Å². The van der Waals surface area contributed by atoms with E-state index in [9.17, 15) is 0 Å². The van der Waals surface area contributed by atoms with Crippen molar-refractivity contribution in [2.75, 3.05) is 0 Å². The maximum absolute atomic E-state index is 2.37. The molecule has 0 radical (unpaired) electrons. The van der Waals surface area contributed by atoms with E-state index >= 15 is 0 Å². The summed E-state index contributed by atoms with van der Waals surface area (Å²) in [6, 6.07) is 2.37. The molecule has 104 valence electrons. The Kier molecular flexibility index (Phi) is 6.31. The van der Waals surface area contributed by atoms with E-state index < -0.39 is 0 Å². The fourth-order valence-corrected chi connectivity index (χ4v) is 2.29. The molecule has 0 atom stereocenters. The van der Waals surface area contributed by atoms with E-state index in [-0.39, 0.29) is 24.0 Å². The lowest BCUT2D eigenvalue weighted by molar-refractivity contribution is -0.672. The predicted octanol–water partition coefficient (Wildman–Crippen LogP) is 0.692. The van der Waals surface area contributed by atoms with Crippen LogP contribution in [0.5, 0.6) is 0 Å². The lowest BCUT2D eigenvalue weighted by Crippen LogP contribution is -3.00. The van der Waals surface area contributed by atoms with Gasteiger partial charge in [0.1, 0.15) is 7.05 Å². The second-order valence-corrected chi connectivity index (χ2v) is 7.69. The third kappa shape index (κ3) is 7.34. The molecule has 0 saturated heterocycles. The van der Waals surface area contributed by atoms with Crippen molar-refractivity contribution >= 4 is 0 Å². The summed E-state index contributed by atoms with van der Waals surface area (Å²) < 4.78 is 2.20. The molecule has 0 bridgehead atoms. The summed E-state index contributed by atoms with van der Waals surface area (Å²) in [5.41, 5.74) is 3.60. The fraction of sp³-hybridized carbons (Fsp3) is 0.688. The van der Waals surface area contributed by atoms with Crippen molar-refractivity contribution in [3.8, 4) is 0 Å². The molecular weight excluding hydrogens is 333 g/mol. The predicted molar refractivity (Wildman–Crippen MR) is 73.9 cm³/mol. The summed E-state index contributed by atoms with van der Waals surface area (Å²) in [7, 11) is 2.12. The highest BCUT2D eigenvalue weighted by molar-refractivity contribution is 5.17. The number of rotatable bonds is 2. The zero-order valence-electron chi connectivity index (χ0n) is 13.0. The lowest BCUT2D eigenvalue weighted by Gasteiger charge is -2.20. The average molecular weight is 361 g/mol. The smallest absolute Gasteiger partial charge is 0.171 e. The Morgan fingerprint density at radius 2 is 1.17 bits per heavy atom. The number of pyridine rings is 1.